The zero-order valence-electron chi connectivity index (χ0n) is 10.5. The summed E-state index contributed by atoms with van der Waals surface area (Å²) in [7, 11) is 0. The zero-order chi connectivity index (χ0) is 11.3. The van der Waals surface area contributed by atoms with Gasteiger partial charge in [0, 0.05) is 11.6 Å². The highest BCUT2D eigenvalue weighted by Crippen LogP contribution is 2.30. The van der Waals surface area contributed by atoms with Gasteiger partial charge in [0.05, 0.1) is 12.0 Å². The van der Waals surface area contributed by atoms with E-state index in [1.165, 1.54) is 37.1 Å². The fraction of sp³-hybridized carbons (Fsp3) is 0.769. The summed E-state index contributed by atoms with van der Waals surface area (Å²) in [6, 6.07) is 0. The highest BCUT2D eigenvalue weighted by Gasteiger charge is 2.18. The predicted molar refractivity (Wildman–Crippen MR) is 65.2 cm³/mol. The number of nitrogens with zero attached hydrogens (tertiary/aromatic N) is 1. The first-order valence-electron chi connectivity index (χ1n) is 6.27. The molecule has 0 aliphatic heterocycles. The molecule has 2 atom stereocenters. The lowest BCUT2D eigenvalue weighted by Gasteiger charge is -2.16. The van der Waals surface area contributed by atoms with Gasteiger partial charge in [0.1, 0.15) is 0 Å². The van der Waals surface area contributed by atoms with E-state index in [9.17, 15) is 0 Å². The van der Waals surface area contributed by atoms with Crippen LogP contribution >= 0.6 is 0 Å². The maximum absolute atomic E-state index is 4.52. The van der Waals surface area contributed by atoms with Crippen molar-refractivity contribution < 1.29 is 0 Å². The molecule has 0 spiro atoms. The highest BCUT2D eigenvalue weighted by molar-refractivity contribution is 5.19. The summed E-state index contributed by atoms with van der Waals surface area (Å²) in [6.07, 6.45) is 6.73. The molecular formula is C13H24N2. The SMILES string of the molecule is CCCC(CC)c1nc[nH]c1C(C)CC. The van der Waals surface area contributed by atoms with Gasteiger partial charge in [-0.25, -0.2) is 4.98 Å². The third-order valence-corrected chi connectivity index (χ3v) is 3.32. The predicted octanol–water partition coefficient (Wildman–Crippen LogP) is 4.22. The second-order valence-corrected chi connectivity index (χ2v) is 4.40. The number of aromatic amines is 1. The average Bonchev–Trinajstić information content (AvgIpc) is 2.73. The Bertz CT molecular complexity index is 278. The Labute approximate surface area is 93.5 Å². The first-order chi connectivity index (χ1) is 7.24. The van der Waals surface area contributed by atoms with E-state index in [1.54, 1.807) is 0 Å². The molecule has 0 saturated heterocycles. The molecule has 0 aliphatic rings. The molecule has 15 heavy (non-hydrogen) atoms. The number of hydrogen-bond acceptors (Lipinski definition) is 1. The van der Waals surface area contributed by atoms with Gasteiger partial charge in [0.25, 0.3) is 0 Å². The van der Waals surface area contributed by atoms with E-state index in [2.05, 4.69) is 37.7 Å². The van der Waals surface area contributed by atoms with Gasteiger partial charge in [0.15, 0.2) is 0 Å². The van der Waals surface area contributed by atoms with E-state index in [4.69, 9.17) is 0 Å². The molecule has 2 heteroatoms. The van der Waals surface area contributed by atoms with Crippen LogP contribution in [0, 0.1) is 0 Å². The molecule has 0 amide bonds. The number of imidazole rings is 1. The molecular weight excluding hydrogens is 184 g/mol. The van der Waals surface area contributed by atoms with Gasteiger partial charge in [-0.3, -0.25) is 0 Å². The van der Waals surface area contributed by atoms with Crippen molar-refractivity contribution in [2.45, 2.75) is 65.2 Å². The van der Waals surface area contributed by atoms with E-state index < -0.39 is 0 Å². The monoisotopic (exact) mass is 208 g/mol. The van der Waals surface area contributed by atoms with Crippen molar-refractivity contribution in [3.05, 3.63) is 17.7 Å². The summed E-state index contributed by atoms with van der Waals surface area (Å²) >= 11 is 0. The molecule has 1 aromatic rings. The molecule has 86 valence electrons. The minimum Gasteiger partial charge on any atom is -0.348 e. The second-order valence-electron chi connectivity index (χ2n) is 4.40. The molecule has 1 aromatic heterocycles. The molecule has 0 aromatic carbocycles. The topological polar surface area (TPSA) is 28.7 Å². The molecule has 2 nitrogen and oxygen atoms in total. The number of H-pyrrole nitrogens is 1. The third-order valence-electron chi connectivity index (χ3n) is 3.32. The van der Waals surface area contributed by atoms with Crippen LogP contribution in [0.25, 0.3) is 0 Å². The molecule has 0 bridgehead atoms. The van der Waals surface area contributed by atoms with Crippen LogP contribution in [0.1, 0.15) is 76.6 Å². The van der Waals surface area contributed by atoms with Crippen molar-refractivity contribution in [1.82, 2.24) is 9.97 Å². The summed E-state index contributed by atoms with van der Waals surface area (Å²) in [5.74, 6) is 1.25. The van der Waals surface area contributed by atoms with E-state index in [1.807, 2.05) is 6.33 Å². The van der Waals surface area contributed by atoms with Crippen molar-refractivity contribution in [3.63, 3.8) is 0 Å². The van der Waals surface area contributed by atoms with Crippen LogP contribution in [-0.4, -0.2) is 9.97 Å². The van der Waals surface area contributed by atoms with Crippen LogP contribution in [0.2, 0.25) is 0 Å². The Kier molecular flexibility index (Phi) is 4.86. The lowest BCUT2D eigenvalue weighted by Crippen LogP contribution is -2.04. The van der Waals surface area contributed by atoms with Gasteiger partial charge >= 0.3 is 0 Å². The quantitative estimate of drug-likeness (QED) is 0.745. The molecule has 0 radical (unpaired) electrons. The standard InChI is InChI=1S/C13H24N2/c1-5-8-11(7-3)13-12(10(4)6-2)14-9-15-13/h9-11H,5-8H2,1-4H3,(H,14,15). The van der Waals surface area contributed by atoms with Gasteiger partial charge in [0.2, 0.25) is 0 Å². The summed E-state index contributed by atoms with van der Waals surface area (Å²) < 4.78 is 0. The number of aromatic nitrogens is 2. The molecule has 0 fully saturated rings. The van der Waals surface area contributed by atoms with Gasteiger partial charge in [-0.15, -0.1) is 0 Å². The summed E-state index contributed by atoms with van der Waals surface area (Å²) in [4.78, 5) is 7.84. The van der Waals surface area contributed by atoms with E-state index >= 15 is 0 Å². The lowest BCUT2D eigenvalue weighted by molar-refractivity contribution is 0.568. The highest BCUT2D eigenvalue weighted by atomic mass is 14.9. The number of hydrogen-bond donors (Lipinski definition) is 1. The fourth-order valence-corrected chi connectivity index (χ4v) is 2.12. The van der Waals surface area contributed by atoms with E-state index in [0.29, 0.717) is 11.8 Å². The summed E-state index contributed by atoms with van der Waals surface area (Å²) in [6.45, 7) is 9.01. The van der Waals surface area contributed by atoms with Crippen LogP contribution in [0.3, 0.4) is 0 Å². The largest absolute Gasteiger partial charge is 0.348 e. The summed E-state index contributed by atoms with van der Waals surface area (Å²) in [5, 5.41) is 0. The van der Waals surface area contributed by atoms with Gasteiger partial charge < -0.3 is 4.98 Å². The first-order valence-corrected chi connectivity index (χ1v) is 6.27. The van der Waals surface area contributed by atoms with Gasteiger partial charge in [-0.05, 0) is 25.2 Å². The first kappa shape index (κ1) is 12.3. The van der Waals surface area contributed by atoms with E-state index in [0.717, 1.165) is 0 Å². The van der Waals surface area contributed by atoms with Crippen molar-refractivity contribution in [1.29, 1.82) is 0 Å². The smallest absolute Gasteiger partial charge is 0.0925 e. The number of nitrogens with one attached hydrogen (secondary N) is 1. The van der Waals surface area contributed by atoms with Crippen LogP contribution in [-0.2, 0) is 0 Å². The van der Waals surface area contributed by atoms with Crippen LogP contribution in [0.15, 0.2) is 6.33 Å². The maximum atomic E-state index is 4.52. The van der Waals surface area contributed by atoms with E-state index in [-0.39, 0.29) is 0 Å². The van der Waals surface area contributed by atoms with Crippen LogP contribution < -0.4 is 0 Å². The average molecular weight is 208 g/mol. The molecule has 2 unspecified atom stereocenters. The van der Waals surface area contributed by atoms with Crippen LogP contribution in [0.4, 0.5) is 0 Å². The Hall–Kier alpha value is -0.790. The lowest BCUT2D eigenvalue weighted by atomic mass is 9.91. The molecule has 0 aliphatic carbocycles. The second kappa shape index (κ2) is 5.94. The molecule has 0 saturated carbocycles. The molecule has 1 rings (SSSR count). The zero-order valence-corrected chi connectivity index (χ0v) is 10.5. The normalized spacial score (nSPS) is 15.2. The van der Waals surface area contributed by atoms with Crippen molar-refractivity contribution in [2.24, 2.45) is 0 Å². The van der Waals surface area contributed by atoms with Crippen molar-refractivity contribution in [2.75, 3.05) is 0 Å². The molecule has 1 N–H and O–H groups in total. The molecule has 1 heterocycles. The number of rotatable bonds is 6. The maximum Gasteiger partial charge on any atom is 0.0925 e. The summed E-state index contributed by atoms with van der Waals surface area (Å²) in [5.41, 5.74) is 2.67. The minimum atomic E-state index is 0.605. The Balaban J connectivity index is 2.86. The Morgan fingerprint density at radius 3 is 2.53 bits per heavy atom. The van der Waals surface area contributed by atoms with Gasteiger partial charge in [-0.2, -0.15) is 0 Å². The third kappa shape index (κ3) is 2.83. The van der Waals surface area contributed by atoms with Crippen molar-refractivity contribution in [3.8, 4) is 0 Å². The van der Waals surface area contributed by atoms with Gasteiger partial charge in [-0.1, -0.05) is 34.1 Å². The Morgan fingerprint density at radius 1 is 1.27 bits per heavy atom. The fourth-order valence-electron chi connectivity index (χ4n) is 2.12. The minimum absolute atomic E-state index is 0.605. The van der Waals surface area contributed by atoms with Crippen LogP contribution in [0.5, 0.6) is 0 Å². The Morgan fingerprint density at radius 2 is 2.00 bits per heavy atom. The van der Waals surface area contributed by atoms with Crippen molar-refractivity contribution >= 4 is 0 Å².